The number of imide groups is 1. The van der Waals surface area contributed by atoms with E-state index < -0.39 is 47.6 Å². The SMILES string of the molecule is COC(=O)c1cc(N2C(=O)[C@H]3[C@@H](C2=O)[C@@]2(C(OC)OC)C=C[C@H]3O2)ccc1Cl. The number of hydrogen-bond donors (Lipinski definition) is 0. The summed E-state index contributed by atoms with van der Waals surface area (Å²) in [6, 6.07) is 4.33. The van der Waals surface area contributed by atoms with E-state index in [9.17, 15) is 14.4 Å². The fraction of sp³-hybridized carbons (Fsp3) is 0.421. The first-order chi connectivity index (χ1) is 13.4. The van der Waals surface area contributed by atoms with Gasteiger partial charge in [-0.2, -0.15) is 0 Å². The van der Waals surface area contributed by atoms with Gasteiger partial charge in [0.2, 0.25) is 11.8 Å². The summed E-state index contributed by atoms with van der Waals surface area (Å²) < 4.78 is 21.4. The van der Waals surface area contributed by atoms with Crippen molar-refractivity contribution in [1.29, 1.82) is 0 Å². The van der Waals surface area contributed by atoms with E-state index in [1.807, 2.05) is 0 Å². The van der Waals surface area contributed by atoms with Crippen molar-refractivity contribution in [2.45, 2.75) is 18.0 Å². The second kappa shape index (κ2) is 6.66. The van der Waals surface area contributed by atoms with E-state index in [1.165, 1.54) is 39.5 Å². The third-order valence-corrected chi connectivity index (χ3v) is 5.82. The number of fused-ring (bicyclic) bond motifs is 5. The normalized spacial score (nSPS) is 30.5. The van der Waals surface area contributed by atoms with Gasteiger partial charge in [-0.05, 0) is 24.3 Å². The molecule has 1 aromatic carbocycles. The van der Waals surface area contributed by atoms with E-state index in [0.717, 1.165) is 4.90 Å². The quantitative estimate of drug-likeness (QED) is 0.316. The molecule has 3 aliphatic heterocycles. The van der Waals surface area contributed by atoms with Gasteiger partial charge in [0.15, 0.2) is 11.9 Å². The van der Waals surface area contributed by atoms with Crippen LogP contribution in [-0.2, 0) is 28.5 Å². The van der Waals surface area contributed by atoms with Gasteiger partial charge in [0.25, 0.3) is 0 Å². The zero-order valence-electron chi connectivity index (χ0n) is 15.4. The molecule has 0 saturated carbocycles. The lowest BCUT2D eigenvalue weighted by Crippen LogP contribution is -2.50. The fourth-order valence-corrected chi connectivity index (χ4v) is 4.54. The number of halogens is 1. The van der Waals surface area contributed by atoms with Gasteiger partial charge in [-0.15, -0.1) is 0 Å². The van der Waals surface area contributed by atoms with Crippen LogP contribution < -0.4 is 4.90 Å². The number of esters is 1. The van der Waals surface area contributed by atoms with Crippen LogP contribution >= 0.6 is 11.6 Å². The van der Waals surface area contributed by atoms with E-state index in [0.29, 0.717) is 0 Å². The highest BCUT2D eigenvalue weighted by Crippen LogP contribution is 2.54. The van der Waals surface area contributed by atoms with Crippen molar-refractivity contribution in [2.24, 2.45) is 11.8 Å². The van der Waals surface area contributed by atoms with E-state index in [-0.39, 0.29) is 16.3 Å². The van der Waals surface area contributed by atoms with E-state index in [2.05, 4.69) is 0 Å². The Balaban J connectivity index is 1.75. The summed E-state index contributed by atoms with van der Waals surface area (Å²) in [5.41, 5.74) is -0.869. The summed E-state index contributed by atoms with van der Waals surface area (Å²) >= 11 is 6.05. The Morgan fingerprint density at radius 3 is 2.57 bits per heavy atom. The molecular formula is C19H18ClNO7. The number of ether oxygens (including phenoxy) is 4. The van der Waals surface area contributed by atoms with Gasteiger partial charge in [0.05, 0.1) is 41.3 Å². The van der Waals surface area contributed by atoms with Crippen LogP contribution in [0.4, 0.5) is 5.69 Å². The van der Waals surface area contributed by atoms with Gasteiger partial charge in [-0.1, -0.05) is 17.7 Å². The maximum absolute atomic E-state index is 13.3. The van der Waals surface area contributed by atoms with Crippen LogP contribution in [0.25, 0.3) is 0 Å². The Bertz CT molecular complexity index is 896. The number of benzene rings is 1. The van der Waals surface area contributed by atoms with Crippen molar-refractivity contribution in [3.63, 3.8) is 0 Å². The molecule has 2 bridgehead atoms. The molecule has 2 fully saturated rings. The molecular weight excluding hydrogens is 390 g/mol. The third-order valence-electron chi connectivity index (χ3n) is 5.49. The monoisotopic (exact) mass is 407 g/mol. The highest BCUT2D eigenvalue weighted by molar-refractivity contribution is 6.34. The van der Waals surface area contributed by atoms with Crippen molar-refractivity contribution < 1.29 is 33.3 Å². The fourth-order valence-electron chi connectivity index (χ4n) is 4.34. The van der Waals surface area contributed by atoms with Gasteiger partial charge < -0.3 is 18.9 Å². The zero-order valence-corrected chi connectivity index (χ0v) is 16.1. The molecule has 9 heteroatoms. The van der Waals surface area contributed by atoms with Crippen LogP contribution in [0.15, 0.2) is 30.4 Å². The molecule has 8 nitrogen and oxygen atoms in total. The maximum atomic E-state index is 13.3. The molecule has 3 aliphatic rings. The Morgan fingerprint density at radius 2 is 1.93 bits per heavy atom. The summed E-state index contributed by atoms with van der Waals surface area (Å²) in [7, 11) is 4.12. The molecule has 2 saturated heterocycles. The molecule has 28 heavy (non-hydrogen) atoms. The van der Waals surface area contributed by atoms with Crippen LogP contribution in [0.2, 0.25) is 5.02 Å². The predicted octanol–water partition coefficient (Wildman–Crippen LogP) is 1.56. The molecule has 0 radical (unpaired) electrons. The second-order valence-corrected chi connectivity index (χ2v) is 7.18. The largest absolute Gasteiger partial charge is 0.465 e. The minimum absolute atomic E-state index is 0.0676. The first-order valence-corrected chi connectivity index (χ1v) is 8.95. The second-order valence-electron chi connectivity index (χ2n) is 6.77. The number of nitrogens with zero attached hydrogens (tertiary/aromatic N) is 1. The zero-order chi connectivity index (χ0) is 20.2. The van der Waals surface area contributed by atoms with E-state index >= 15 is 0 Å². The van der Waals surface area contributed by atoms with Crippen molar-refractivity contribution in [3.05, 3.63) is 40.9 Å². The van der Waals surface area contributed by atoms with Gasteiger partial charge in [-0.25, -0.2) is 9.69 Å². The Morgan fingerprint density at radius 1 is 1.21 bits per heavy atom. The van der Waals surface area contributed by atoms with Gasteiger partial charge >= 0.3 is 5.97 Å². The van der Waals surface area contributed by atoms with Gasteiger partial charge in [-0.3, -0.25) is 9.59 Å². The summed E-state index contributed by atoms with van der Waals surface area (Å²) in [6.45, 7) is 0. The number of rotatable bonds is 5. The summed E-state index contributed by atoms with van der Waals surface area (Å²) in [4.78, 5) is 39.4. The van der Waals surface area contributed by atoms with Crippen LogP contribution in [-0.4, -0.2) is 57.1 Å². The molecule has 4 rings (SSSR count). The summed E-state index contributed by atoms with van der Waals surface area (Å²) in [6.07, 6.45) is 2.08. The maximum Gasteiger partial charge on any atom is 0.339 e. The lowest BCUT2D eigenvalue weighted by Gasteiger charge is -2.34. The summed E-state index contributed by atoms with van der Waals surface area (Å²) in [5, 5.41) is 0.162. The lowest BCUT2D eigenvalue weighted by atomic mass is 9.76. The molecule has 0 aliphatic carbocycles. The smallest absolute Gasteiger partial charge is 0.339 e. The molecule has 2 amide bonds. The molecule has 0 aromatic heterocycles. The van der Waals surface area contributed by atoms with E-state index in [1.54, 1.807) is 12.2 Å². The topological polar surface area (TPSA) is 91.4 Å². The number of carbonyl (C=O) groups is 3. The minimum Gasteiger partial charge on any atom is -0.465 e. The Labute approximate surface area is 165 Å². The lowest BCUT2D eigenvalue weighted by molar-refractivity contribution is -0.210. The van der Waals surface area contributed by atoms with Crippen molar-refractivity contribution >= 4 is 35.1 Å². The number of anilines is 1. The van der Waals surface area contributed by atoms with Crippen molar-refractivity contribution in [3.8, 4) is 0 Å². The standard InChI is InChI=1S/C19H18ClNO7/c1-25-17(24)10-8-9(4-5-11(10)20)21-15(22)13-12-6-7-19(28-12,14(13)16(21)23)18(26-2)27-3/h4-8,12-14,18H,1-3H3/t12-,13-,14+,19-/m1/s1. The predicted molar refractivity (Wildman–Crippen MR) is 96.8 cm³/mol. The summed E-state index contributed by atoms with van der Waals surface area (Å²) in [5.74, 6) is -3.00. The molecule has 148 valence electrons. The Kier molecular flexibility index (Phi) is 4.54. The molecule has 0 N–H and O–H groups in total. The molecule has 0 spiro atoms. The van der Waals surface area contributed by atoms with Crippen LogP contribution in [0.3, 0.4) is 0 Å². The van der Waals surface area contributed by atoms with Gasteiger partial charge in [0, 0.05) is 14.2 Å². The third kappa shape index (κ3) is 2.39. The number of methoxy groups -OCH3 is 3. The van der Waals surface area contributed by atoms with E-state index in [4.69, 9.17) is 30.5 Å². The highest BCUT2D eigenvalue weighted by Gasteiger charge is 2.70. The van der Waals surface area contributed by atoms with Crippen molar-refractivity contribution in [2.75, 3.05) is 26.2 Å². The average Bonchev–Trinajstić information content (AvgIpc) is 3.34. The first kappa shape index (κ1) is 19.1. The highest BCUT2D eigenvalue weighted by atomic mass is 35.5. The number of hydrogen-bond acceptors (Lipinski definition) is 7. The molecule has 4 atom stereocenters. The molecule has 1 aromatic rings. The van der Waals surface area contributed by atoms with Crippen LogP contribution in [0.1, 0.15) is 10.4 Å². The molecule has 3 heterocycles. The van der Waals surface area contributed by atoms with Gasteiger partial charge in [0.1, 0.15) is 0 Å². The number of amides is 2. The number of carbonyl (C=O) groups excluding carboxylic acids is 3. The Hall–Kier alpha value is -2.26. The van der Waals surface area contributed by atoms with Crippen molar-refractivity contribution in [1.82, 2.24) is 0 Å². The average molecular weight is 408 g/mol. The molecule has 0 unspecified atom stereocenters. The van der Waals surface area contributed by atoms with Crippen LogP contribution in [0, 0.1) is 11.8 Å². The van der Waals surface area contributed by atoms with Crippen LogP contribution in [0.5, 0.6) is 0 Å². The minimum atomic E-state index is -1.18. The first-order valence-electron chi connectivity index (χ1n) is 8.58.